The predicted octanol–water partition coefficient (Wildman–Crippen LogP) is 2.63. The van der Waals surface area contributed by atoms with Gasteiger partial charge >= 0.3 is 0 Å². The van der Waals surface area contributed by atoms with Gasteiger partial charge in [-0.25, -0.2) is 9.97 Å². The van der Waals surface area contributed by atoms with Crippen molar-refractivity contribution in [3.05, 3.63) is 38.8 Å². The lowest BCUT2D eigenvalue weighted by Crippen LogP contribution is -2.45. The summed E-state index contributed by atoms with van der Waals surface area (Å²) in [5.74, 6) is 0.856. The smallest absolute Gasteiger partial charge is 0.261 e. The van der Waals surface area contributed by atoms with Crippen LogP contribution in [0, 0.1) is 13.8 Å². The highest BCUT2D eigenvalue weighted by atomic mass is 32.1. The van der Waals surface area contributed by atoms with E-state index in [4.69, 9.17) is 9.72 Å². The SMILES string of the molecule is Cc1cc(C(=O)NC2CCN(c3ncc4c(n3)CCOC4)CC2)sc1C. The normalized spacial score (nSPS) is 17.8. The zero-order valence-electron chi connectivity index (χ0n) is 15.2. The summed E-state index contributed by atoms with van der Waals surface area (Å²) in [5.41, 5.74) is 3.40. The Bertz CT molecular complexity index is 792. The van der Waals surface area contributed by atoms with Crippen LogP contribution in [0.1, 0.15) is 44.2 Å². The van der Waals surface area contributed by atoms with Gasteiger partial charge in [0.2, 0.25) is 5.95 Å². The molecule has 0 saturated carbocycles. The molecule has 0 aromatic carbocycles. The quantitative estimate of drug-likeness (QED) is 0.897. The number of aromatic nitrogens is 2. The lowest BCUT2D eigenvalue weighted by atomic mass is 10.1. The number of aryl methyl sites for hydroxylation is 2. The number of fused-ring (bicyclic) bond motifs is 1. The molecule has 0 aliphatic carbocycles. The Morgan fingerprint density at radius 2 is 2.15 bits per heavy atom. The molecule has 2 aromatic rings. The highest BCUT2D eigenvalue weighted by molar-refractivity contribution is 7.14. The number of hydrogen-bond acceptors (Lipinski definition) is 6. The van der Waals surface area contributed by atoms with Gasteiger partial charge in [-0.2, -0.15) is 0 Å². The molecule has 1 saturated heterocycles. The highest BCUT2D eigenvalue weighted by Crippen LogP contribution is 2.23. The van der Waals surface area contributed by atoms with Crippen LogP contribution in [-0.4, -0.2) is 41.6 Å². The van der Waals surface area contributed by atoms with E-state index in [1.807, 2.05) is 19.2 Å². The summed E-state index contributed by atoms with van der Waals surface area (Å²) in [4.78, 5) is 25.9. The first-order valence-electron chi connectivity index (χ1n) is 9.15. The lowest BCUT2D eigenvalue weighted by molar-refractivity contribution is 0.0935. The van der Waals surface area contributed by atoms with Crippen molar-refractivity contribution in [1.82, 2.24) is 15.3 Å². The average molecular weight is 372 g/mol. The molecule has 6 nitrogen and oxygen atoms in total. The Balaban J connectivity index is 1.34. The number of ether oxygens (including phenoxy) is 1. The second-order valence-electron chi connectivity index (χ2n) is 7.03. The molecule has 0 radical (unpaired) electrons. The number of nitrogens with one attached hydrogen (secondary N) is 1. The fraction of sp³-hybridized carbons (Fsp3) is 0.526. The summed E-state index contributed by atoms with van der Waals surface area (Å²) in [6, 6.07) is 2.20. The van der Waals surface area contributed by atoms with Crippen LogP contribution in [0.2, 0.25) is 0 Å². The molecule has 0 atom stereocenters. The van der Waals surface area contributed by atoms with Crippen molar-refractivity contribution in [1.29, 1.82) is 0 Å². The van der Waals surface area contributed by atoms with Crippen molar-refractivity contribution in [2.24, 2.45) is 0 Å². The molecule has 4 rings (SSSR count). The number of thiophene rings is 1. The summed E-state index contributed by atoms with van der Waals surface area (Å²) in [6.45, 7) is 7.18. The van der Waals surface area contributed by atoms with Gasteiger partial charge in [0.05, 0.1) is 23.8 Å². The van der Waals surface area contributed by atoms with Crippen molar-refractivity contribution in [2.45, 2.75) is 45.8 Å². The minimum absolute atomic E-state index is 0.0506. The Labute approximate surface area is 157 Å². The summed E-state index contributed by atoms with van der Waals surface area (Å²) in [6.07, 6.45) is 4.58. The zero-order valence-corrected chi connectivity index (χ0v) is 16.1. The van der Waals surface area contributed by atoms with Crippen LogP contribution in [0.25, 0.3) is 0 Å². The molecule has 2 aliphatic heterocycles. The van der Waals surface area contributed by atoms with E-state index in [-0.39, 0.29) is 11.9 Å². The lowest BCUT2D eigenvalue weighted by Gasteiger charge is -2.32. The Morgan fingerprint density at radius 3 is 2.88 bits per heavy atom. The molecular weight excluding hydrogens is 348 g/mol. The minimum atomic E-state index is 0.0506. The topological polar surface area (TPSA) is 67.4 Å². The van der Waals surface area contributed by atoms with Gasteiger partial charge in [-0.1, -0.05) is 0 Å². The second kappa shape index (κ2) is 7.32. The van der Waals surface area contributed by atoms with Gasteiger partial charge in [0.25, 0.3) is 5.91 Å². The van der Waals surface area contributed by atoms with Gasteiger partial charge in [-0.05, 0) is 38.3 Å². The van der Waals surface area contributed by atoms with E-state index in [0.717, 1.165) is 61.0 Å². The van der Waals surface area contributed by atoms with Crippen LogP contribution in [0.15, 0.2) is 12.3 Å². The maximum Gasteiger partial charge on any atom is 0.261 e. The number of carbonyl (C=O) groups excluding carboxylic acids is 1. The molecule has 1 fully saturated rings. The molecule has 4 heterocycles. The van der Waals surface area contributed by atoms with E-state index < -0.39 is 0 Å². The van der Waals surface area contributed by atoms with E-state index in [9.17, 15) is 4.79 Å². The van der Waals surface area contributed by atoms with Crippen LogP contribution in [-0.2, 0) is 17.8 Å². The monoisotopic (exact) mass is 372 g/mol. The van der Waals surface area contributed by atoms with Gasteiger partial charge in [0.15, 0.2) is 0 Å². The molecular formula is C19H24N4O2S. The van der Waals surface area contributed by atoms with E-state index >= 15 is 0 Å². The largest absolute Gasteiger partial charge is 0.376 e. The second-order valence-corrected chi connectivity index (χ2v) is 8.29. The van der Waals surface area contributed by atoms with Gasteiger partial charge in [-0.3, -0.25) is 4.79 Å². The number of nitrogens with zero attached hydrogens (tertiary/aromatic N) is 3. The fourth-order valence-corrected chi connectivity index (χ4v) is 4.37. The van der Waals surface area contributed by atoms with Gasteiger partial charge in [-0.15, -0.1) is 11.3 Å². The molecule has 0 unspecified atom stereocenters. The highest BCUT2D eigenvalue weighted by Gasteiger charge is 2.24. The minimum Gasteiger partial charge on any atom is -0.376 e. The maximum atomic E-state index is 12.4. The van der Waals surface area contributed by atoms with Crippen LogP contribution >= 0.6 is 11.3 Å². The fourth-order valence-electron chi connectivity index (χ4n) is 3.44. The van der Waals surface area contributed by atoms with E-state index in [0.29, 0.717) is 6.61 Å². The Morgan fingerprint density at radius 1 is 1.35 bits per heavy atom. The Hall–Kier alpha value is -1.99. The summed E-state index contributed by atoms with van der Waals surface area (Å²) in [7, 11) is 0. The van der Waals surface area contributed by atoms with Crippen molar-refractivity contribution < 1.29 is 9.53 Å². The first-order chi connectivity index (χ1) is 12.6. The molecule has 138 valence electrons. The molecule has 2 aromatic heterocycles. The number of hydrogen-bond donors (Lipinski definition) is 1. The van der Waals surface area contributed by atoms with Gasteiger partial charge < -0.3 is 15.0 Å². The number of piperidine rings is 1. The number of anilines is 1. The van der Waals surface area contributed by atoms with Gasteiger partial charge in [0, 0.05) is 42.2 Å². The summed E-state index contributed by atoms with van der Waals surface area (Å²) >= 11 is 1.57. The van der Waals surface area contributed by atoms with Crippen molar-refractivity contribution in [3.8, 4) is 0 Å². The first kappa shape index (κ1) is 17.4. The standard InChI is InChI=1S/C19H24N4O2S/c1-12-9-17(26-13(12)2)18(24)21-15-3-6-23(7-4-15)19-20-10-14-11-25-8-5-16(14)22-19/h9-10,15H,3-8,11H2,1-2H3,(H,21,24). The predicted molar refractivity (Wildman–Crippen MR) is 102 cm³/mol. The third-order valence-corrected chi connectivity index (χ3v) is 6.34. The molecule has 2 aliphatic rings. The van der Waals surface area contributed by atoms with Crippen molar-refractivity contribution in [3.63, 3.8) is 0 Å². The van der Waals surface area contributed by atoms with E-state index in [1.54, 1.807) is 11.3 Å². The molecule has 7 heteroatoms. The molecule has 1 amide bonds. The maximum absolute atomic E-state index is 12.4. The molecule has 26 heavy (non-hydrogen) atoms. The average Bonchev–Trinajstić information content (AvgIpc) is 3.01. The van der Waals surface area contributed by atoms with Crippen LogP contribution in [0.5, 0.6) is 0 Å². The molecule has 1 N–H and O–H groups in total. The Kier molecular flexibility index (Phi) is 4.91. The van der Waals surface area contributed by atoms with Gasteiger partial charge in [0.1, 0.15) is 0 Å². The van der Waals surface area contributed by atoms with Crippen LogP contribution < -0.4 is 10.2 Å². The van der Waals surface area contributed by atoms with Crippen molar-refractivity contribution >= 4 is 23.2 Å². The van der Waals surface area contributed by atoms with Crippen LogP contribution in [0.3, 0.4) is 0 Å². The van der Waals surface area contributed by atoms with E-state index in [2.05, 4.69) is 22.1 Å². The molecule has 0 spiro atoms. The number of carbonyl (C=O) groups is 1. The van der Waals surface area contributed by atoms with Crippen LogP contribution in [0.4, 0.5) is 5.95 Å². The van der Waals surface area contributed by atoms with Crippen molar-refractivity contribution in [2.75, 3.05) is 24.6 Å². The zero-order chi connectivity index (χ0) is 18.1. The first-order valence-corrected chi connectivity index (χ1v) is 9.97. The third kappa shape index (κ3) is 3.59. The summed E-state index contributed by atoms with van der Waals surface area (Å²) < 4.78 is 5.44. The van der Waals surface area contributed by atoms with E-state index in [1.165, 1.54) is 10.4 Å². The third-order valence-electron chi connectivity index (χ3n) is 5.19. The summed E-state index contributed by atoms with van der Waals surface area (Å²) in [5, 5.41) is 3.19. The number of rotatable bonds is 3. The molecule has 0 bridgehead atoms. The number of amides is 1.